The van der Waals surface area contributed by atoms with E-state index < -0.39 is 0 Å². The first-order valence-corrected chi connectivity index (χ1v) is 6.27. The monoisotopic (exact) mass is 300 g/mol. The lowest BCUT2D eigenvalue weighted by Crippen LogP contribution is -2.39. The molecule has 0 radical (unpaired) electrons. The highest BCUT2D eigenvalue weighted by Gasteiger charge is 2.23. The molecular weight excluding hydrogens is 287 g/mol. The van der Waals surface area contributed by atoms with Crippen molar-refractivity contribution < 1.29 is 4.39 Å². The molecule has 1 aliphatic heterocycles. The molecule has 0 unspecified atom stereocenters. The van der Waals surface area contributed by atoms with Gasteiger partial charge in [-0.2, -0.15) is 0 Å². The Bertz CT molecular complexity index is 429. The number of halogens is 2. The van der Waals surface area contributed by atoms with Crippen molar-refractivity contribution in [2.45, 2.75) is 12.8 Å². The Kier molecular flexibility index (Phi) is 3.61. The molecule has 1 aromatic heterocycles. The number of amidine groups is 1. The largest absolute Gasteiger partial charge is 0.387 e. The molecule has 1 aromatic rings. The number of hydrogen-bond acceptors (Lipinski definition) is 3. The van der Waals surface area contributed by atoms with Gasteiger partial charge in [0.15, 0.2) is 11.6 Å². The van der Waals surface area contributed by atoms with E-state index >= 15 is 0 Å². The van der Waals surface area contributed by atoms with Crippen LogP contribution in [0.4, 0.5) is 10.2 Å². The number of nitrogens with zero attached hydrogens (tertiary/aromatic N) is 2. The fourth-order valence-corrected chi connectivity index (χ4v) is 2.35. The lowest BCUT2D eigenvalue weighted by molar-refractivity contribution is 0.486. The summed E-state index contributed by atoms with van der Waals surface area (Å²) in [6.45, 7) is 1.38. The van der Waals surface area contributed by atoms with Crippen molar-refractivity contribution in [3.8, 4) is 0 Å². The molecule has 92 valence electrons. The zero-order valence-corrected chi connectivity index (χ0v) is 10.9. The molecule has 0 bridgehead atoms. The van der Waals surface area contributed by atoms with E-state index in [4.69, 9.17) is 11.1 Å². The average Bonchev–Trinajstić information content (AvgIpc) is 2.29. The maximum atomic E-state index is 13.7. The highest BCUT2D eigenvalue weighted by molar-refractivity contribution is 9.10. The predicted molar refractivity (Wildman–Crippen MR) is 68.7 cm³/mol. The highest BCUT2D eigenvalue weighted by Crippen LogP contribution is 2.25. The number of pyridine rings is 1. The summed E-state index contributed by atoms with van der Waals surface area (Å²) in [4.78, 5) is 5.99. The van der Waals surface area contributed by atoms with Crippen LogP contribution in [0.25, 0.3) is 0 Å². The number of piperidine rings is 1. The molecule has 3 N–H and O–H groups in total. The molecule has 0 aromatic carbocycles. The minimum atomic E-state index is -0.319. The minimum absolute atomic E-state index is 0.129. The molecule has 4 nitrogen and oxygen atoms in total. The van der Waals surface area contributed by atoms with Crippen molar-refractivity contribution >= 4 is 27.6 Å². The summed E-state index contributed by atoms with van der Waals surface area (Å²) in [5.74, 6) is 0.425. The Hall–Kier alpha value is -1.17. The van der Waals surface area contributed by atoms with Crippen LogP contribution < -0.4 is 10.6 Å². The van der Waals surface area contributed by atoms with Crippen LogP contribution in [0.5, 0.6) is 0 Å². The van der Waals surface area contributed by atoms with E-state index in [9.17, 15) is 4.39 Å². The minimum Gasteiger partial charge on any atom is -0.387 e. The zero-order valence-electron chi connectivity index (χ0n) is 9.29. The van der Waals surface area contributed by atoms with Crippen LogP contribution in [-0.2, 0) is 0 Å². The van der Waals surface area contributed by atoms with Gasteiger partial charge in [0.2, 0.25) is 0 Å². The molecule has 0 spiro atoms. The van der Waals surface area contributed by atoms with Crippen LogP contribution in [-0.4, -0.2) is 23.9 Å². The molecule has 1 saturated heterocycles. The van der Waals surface area contributed by atoms with Crippen LogP contribution in [0.1, 0.15) is 12.8 Å². The molecular formula is C11H14BrFN4. The van der Waals surface area contributed by atoms with E-state index in [1.54, 1.807) is 6.20 Å². The molecule has 0 aliphatic carbocycles. The number of rotatable bonds is 2. The van der Waals surface area contributed by atoms with Gasteiger partial charge in [0, 0.05) is 29.7 Å². The first-order valence-electron chi connectivity index (χ1n) is 5.48. The number of anilines is 1. The molecule has 2 rings (SSSR count). The Morgan fingerprint density at radius 2 is 2.18 bits per heavy atom. The Balaban J connectivity index is 2.08. The molecule has 0 atom stereocenters. The summed E-state index contributed by atoms with van der Waals surface area (Å²) in [7, 11) is 0. The van der Waals surface area contributed by atoms with Gasteiger partial charge in [0.05, 0.1) is 5.84 Å². The van der Waals surface area contributed by atoms with E-state index in [1.165, 1.54) is 6.07 Å². The normalized spacial score (nSPS) is 17.2. The second-order valence-corrected chi connectivity index (χ2v) is 5.09. The second kappa shape index (κ2) is 5.00. The SMILES string of the molecule is N=C(N)C1CCN(c2ncc(Br)cc2F)CC1. The van der Waals surface area contributed by atoms with Crippen molar-refractivity contribution in [1.82, 2.24) is 4.98 Å². The summed E-state index contributed by atoms with van der Waals surface area (Å²) in [6, 6.07) is 1.42. The van der Waals surface area contributed by atoms with E-state index in [1.807, 2.05) is 4.90 Å². The van der Waals surface area contributed by atoms with Gasteiger partial charge < -0.3 is 10.6 Å². The van der Waals surface area contributed by atoms with Gasteiger partial charge in [0.1, 0.15) is 0 Å². The number of nitrogens with one attached hydrogen (secondary N) is 1. The maximum absolute atomic E-state index is 13.7. The van der Waals surface area contributed by atoms with Crippen molar-refractivity contribution in [3.05, 3.63) is 22.6 Å². The Morgan fingerprint density at radius 1 is 1.53 bits per heavy atom. The smallest absolute Gasteiger partial charge is 0.166 e. The molecule has 6 heteroatoms. The first-order chi connectivity index (χ1) is 8.08. The molecule has 17 heavy (non-hydrogen) atoms. The van der Waals surface area contributed by atoms with Crippen molar-refractivity contribution in [2.24, 2.45) is 11.7 Å². The van der Waals surface area contributed by atoms with E-state index in [2.05, 4.69) is 20.9 Å². The fourth-order valence-electron chi connectivity index (χ4n) is 2.04. The predicted octanol–water partition coefficient (Wildman–Crippen LogP) is 2.14. The second-order valence-electron chi connectivity index (χ2n) is 4.18. The van der Waals surface area contributed by atoms with Gasteiger partial charge in [-0.15, -0.1) is 0 Å². The summed E-state index contributed by atoms with van der Waals surface area (Å²) in [5.41, 5.74) is 5.47. The van der Waals surface area contributed by atoms with Crippen LogP contribution in [0.2, 0.25) is 0 Å². The zero-order chi connectivity index (χ0) is 12.4. The summed E-state index contributed by atoms with van der Waals surface area (Å²) >= 11 is 3.18. The first kappa shape index (κ1) is 12.3. The van der Waals surface area contributed by atoms with Crippen molar-refractivity contribution in [2.75, 3.05) is 18.0 Å². The lowest BCUT2D eigenvalue weighted by atomic mass is 9.96. The maximum Gasteiger partial charge on any atom is 0.166 e. The van der Waals surface area contributed by atoms with Gasteiger partial charge in [-0.05, 0) is 34.8 Å². The molecule has 2 heterocycles. The lowest BCUT2D eigenvalue weighted by Gasteiger charge is -2.32. The molecule has 0 saturated carbocycles. The quantitative estimate of drug-likeness (QED) is 0.649. The Labute approximate surface area is 108 Å². The summed E-state index contributed by atoms with van der Waals surface area (Å²) in [5, 5.41) is 7.39. The number of nitrogens with two attached hydrogens (primary N) is 1. The van der Waals surface area contributed by atoms with Gasteiger partial charge in [-0.1, -0.05) is 0 Å². The van der Waals surface area contributed by atoms with E-state index in [0.717, 1.165) is 12.8 Å². The van der Waals surface area contributed by atoms with Crippen molar-refractivity contribution in [3.63, 3.8) is 0 Å². The highest BCUT2D eigenvalue weighted by atomic mass is 79.9. The molecule has 1 fully saturated rings. The van der Waals surface area contributed by atoms with E-state index in [0.29, 0.717) is 23.4 Å². The molecule has 1 aliphatic rings. The van der Waals surface area contributed by atoms with Gasteiger partial charge in [-0.25, -0.2) is 9.37 Å². The Morgan fingerprint density at radius 3 is 2.71 bits per heavy atom. The van der Waals surface area contributed by atoms with E-state index in [-0.39, 0.29) is 17.6 Å². The average molecular weight is 301 g/mol. The van der Waals surface area contributed by atoms with Gasteiger partial charge in [0.25, 0.3) is 0 Å². The standard InChI is InChI=1S/C11H14BrFN4/c12-8-5-9(13)11(16-6-8)17-3-1-7(2-4-17)10(14)15/h5-7H,1-4H2,(H3,14,15). The number of aromatic nitrogens is 1. The van der Waals surface area contributed by atoms with Crippen molar-refractivity contribution in [1.29, 1.82) is 5.41 Å². The van der Waals surface area contributed by atoms with Crippen LogP contribution >= 0.6 is 15.9 Å². The third-order valence-corrected chi connectivity index (χ3v) is 3.46. The number of hydrogen-bond donors (Lipinski definition) is 2. The summed E-state index contributed by atoms with van der Waals surface area (Å²) in [6.07, 6.45) is 3.16. The molecule has 0 amide bonds. The third-order valence-electron chi connectivity index (χ3n) is 3.02. The van der Waals surface area contributed by atoms with Gasteiger partial charge in [-0.3, -0.25) is 5.41 Å². The van der Waals surface area contributed by atoms with Crippen LogP contribution in [0.15, 0.2) is 16.7 Å². The van der Waals surface area contributed by atoms with Gasteiger partial charge >= 0.3 is 0 Å². The van der Waals surface area contributed by atoms with Crippen LogP contribution in [0.3, 0.4) is 0 Å². The third kappa shape index (κ3) is 2.74. The summed E-state index contributed by atoms with van der Waals surface area (Å²) < 4.78 is 14.3. The topological polar surface area (TPSA) is 66.0 Å². The van der Waals surface area contributed by atoms with Crippen LogP contribution in [0, 0.1) is 17.1 Å². The fraction of sp³-hybridized carbons (Fsp3) is 0.455.